The largest absolute Gasteiger partial charge is 0.497 e. The molecule has 1 fully saturated rings. The molecule has 1 atom stereocenters. The van der Waals surface area contributed by atoms with Crippen molar-refractivity contribution in [3.63, 3.8) is 0 Å². The predicted molar refractivity (Wildman–Crippen MR) is 134 cm³/mol. The van der Waals surface area contributed by atoms with Gasteiger partial charge in [-0.25, -0.2) is 14.3 Å². The maximum Gasteiger partial charge on any atom is 0.273 e. The van der Waals surface area contributed by atoms with Gasteiger partial charge in [-0.05, 0) is 66.1 Å². The van der Waals surface area contributed by atoms with Crippen LogP contribution in [0.1, 0.15) is 52.5 Å². The molecular weight excluding hydrogens is 477 g/mol. The van der Waals surface area contributed by atoms with Crippen molar-refractivity contribution in [1.29, 1.82) is 0 Å². The Morgan fingerprint density at radius 3 is 2.27 bits per heavy atom. The lowest BCUT2D eigenvalue weighted by molar-refractivity contribution is -0.122. The summed E-state index contributed by atoms with van der Waals surface area (Å²) in [5.41, 5.74) is 3.96. The van der Waals surface area contributed by atoms with E-state index in [-0.39, 0.29) is 23.5 Å². The van der Waals surface area contributed by atoms with Gasteiger partial charge in [-0.15, -0.1) is 0 Å². The molecule has 3 aromatic rings. The van der Waals surface area contributed by atoms with Crippen LogP contribution >= 0.6 is 0 Å². The van der Waals surface area contributed by atoms with Crippen LogP contribution in [0.25, 0.3) is 0 Å². The molecule has 1 saturated heterocycles. The summed E-state index contributed by atoms with van der Waals surface area (Å²) in [5, 5.41) is 0.810. The van der Waals surface area contributed by atoms with Crippen LogP contribution in [-0.4, -0.2) is 41.8 Å². The van der Waals surface area contributed by atoms with Gasteiger partial charge >= 0.3 is 0 Å². The molecule has 0 bridgehead atoms. The van der Waals surface area contributed by atoms with E-state index < -0.39 is 35.5 Å². The second kappa shape index (κ2) is 10.6. The van der Waals surface area contributed by atoms with E-state index in [0.29, 0.717) is 11.4 Å². The number of ether oxygens (including phenoxy) is 1. The molecule has 0 radical (unpaired) electrons. The summed E-state index contributed by atoms with van der Waals surface area (Å²) < 4.78 is 19.0. The fourth-order valence-corrected chi connectivity index (χ4v) is 4.04. The molecule has 3 aromatic carbocycles. The number of amides is 4. The fourth-order valence-electron chi connectivity index (χ4n) is 4.04. The van der Waals surface area contributed by atoms with Crippen LogP contribution in [0.5, 0.6) is 5.75 Å². The highest BCUT2D eigenvalue weighted by atomic mass is 19.1. The zero-order valence-electron chi connectivity index (χ0n) is 20.6. The van der Waals surface area contributed by atoms with E-state index in [1.165, 1.54) is 37.4 Å². The van der Waals surface area contributed by atoms with Gasteiger partial charge in [0.2, 0.25) is 5.91 Å². The summed E-state index contributed by atoms with van der Waals surface area (Å²) >= 11 is 0. The molecule has 4 rings (SSSR count). The number of nitrogens with one attached hydrogen (secondary N) is 1. The Kier molecular flexibility index (Phi) is 7.33. The lowest BCUT2D eigenvalue weighted by Crippen LogP contribution is -2.54. The fraction of sp³-hybridized carbons (Fsp3) is 0.214. The highest BCUT2D eigenvalue weighted by molar-refractivity contribution is 6.23. The highest BCUT2D eigenvalue weighted by Crippen LogP contribution is 2.28. The monoisotopic (exact) mass is 503 g/mol. The van der Waals surface area contributed by atoms with E-state index in [1.54, 1.807) is 24.3 Å². The number of hydrogen-bond donors (Lipinski definition) is 1. The zero-order chi connectivity index (χ0) is 26.7. The minimum Gasteiger partial charge on any atom is -0.497 e. The lowest BCUT2D eigenvalue weighted by atomic mass is 10.0. The average molecular weight is 504 g/mol. The topological polar surface area (TPSA) is 96.0 Å². The second-order valence-corrected chi connectivity index (χ2v) is 8.89. The molecule has 0 aromatic heterocycles. The van der Waals surface area contributed by atoms with Crippen LogP contribution < -0.4 is 15.1 Å². The second-order valence-electron chi connectivity index (χ2n) is 8.89. The van der Waals surface area contributed by atoms with E-state index in [2.05, 4.69) is 5.43 Å². The maximum atomic E-state index is 13.9. The number of anilines is 1. The van der Waals surface area contributed by atoms with Crippen molar-refractivity contribution in [3.8, 4) is 5.75 Å². The van der Waals surface area contributed by atoms with Crippen LogP contribution in [0.3, 0.4) is 0 Å². The van der Waals surface area contributed by atoms with E-state index in [0.717, 1.165) is 21.5 Å². The van der Waals surface area contributed by atoms with Gasteiger partial charge in [-0.2, -0.15) is 0 Å². The number of nitrogens with zero attached hydrogens (tertiary/aromatic N) is 2. The van der Waals surface area contributed by atoms with Crippen LogP contribution in [0.2, 0.25) is 0 Å². The Balaban J connectivity index is 1.66. The van der Waals surface area contributed by atoms with Gasteiger partial charge in [-0.1, -0.05) is 32.0 Å². The minimum atomic E-state index is -1.32. The first-order valence-electron chi connectivity index (χ1n) is 11.7. The van der Waals surface area contributed by atoms with Crippen molar-refractivity contribution >= 4 is 29.3 Å². The summed E-state index contributed by atoms with van der Waals surface area (Å²) in [6, 6.07) is 16.7. The summed E-state index contributed by atoms with van der Waals surface area (Å²) in [4.78, 5) is 53.8. The predicted octanol–water partition coefficient (Wildman–Crippen LogP) is 4.08. The number of carbonyl (C=O) groups excluding carboxylic acids is 4. The number of imide groups is 1. The molecule has 8 nitrogen and oxygen atoms in total. The molecule has 1 heterocycles. The number of carbonyl (C=O) groups is 4. The number of rotatable bonds is 6. The molecule has 4 amide bonds. The molecule has 1 aliphatic heterocycles. The van der Waals surface area contributed by atoms with Gasteiger partial charge in [0, 0.05) is 11.1 Å². The van der Waals surface area contributed by atoms with Gasteiger partial charge in [0.25, 0.3) is 17.7 Å². The number of methoxy groups -OCH3 is 1. The van der Waals surface area contributed by atoms with E-state index >= 15 is 0 Å². The SMILES string of the molecule is COc1ccc(C(=O)NN(C(=O)c2cccc(F)c2)C2CC(=O)N(c3ccc(C(C)C)cc3)C2=O)cc1. The zero-order valence-corrected chi connectivity index (χ0v) is 20.6. The third kappa shape index (κ3) is 5.35. The van der Waals surface area contributed by atoms with Crippen molar-refractivity contribution in [2.75, 3.05) is 12.0 Å². The van der Waals surface area contributed by atoms with Gasteiger partial charge in [0.05, 0.1) is 19.2 Å². The van der Waals surface area contributed by atoms with Gasteiger partial charge < -0.3 is 4.74 Å². The van der Waals surface area contributed by atoms with Gasteiger partial charge in [-0.3, -0.25) is 24.6 Å². The Hall–Kier alpha value is -4.53. The summed E-state index contributed by atoms with van der Waals surface area (Å²) in [7, 11) is 1.49. The lowest BCUT2D eigenvalue weighted by Gasteiger charge is -2.28. The third-order valence-electron chi connectivity index (χ3n) is 6.12. The molecule has 1 aliphatic rings. The van der Waals surface area contributed by atoms with Crippen LogP contribution in [-0.2, 0) is 9.59 Å². The summed E-state index contributed by atoms with van der Waals surface area (Å²) in [6.07, 6.45) is -0.352. The molecule has 0 spiro atoms. The van der Waals surface area contributed by atoms with Crippen molar-refractivity contribution in [1.82, 2.24) is 10.4 Å². The molecule has 1 unspecified atom stereocenters. The maximum absolute atomic E-state index is 13.9. The van der Waals surface area contributed by atoms with Crippen LogP contribution in [0, 0.1) is 5.82 Å². The molecular formula is C28H26FN3O5. The molecule has 1 N–H and O–H groups in total. The summed E-state index contributed by atoms with van der Waals surface area (Å²) in [5.74, 6) is -2.59. The Labute approximate surface area is 213 Å². The molecule has 190 valence electrons. The standard InChI is InChI=1S/C28H26FN3O5/c1-17(2)18-7-11-22(12-8-18)31-25(33)16-24(28(31)36)32(27(35)20-5-4-6-21(29)15-20)30-26(34)19-9-13-23(37-3)14-10-19/h4-15,17,24H,16H2,1-3H3,(H,30,34). The Morgan fingerprint density at radius 1 is 1.00 bits per heavy atom. The van der Waals surface area contributed by atoms with E-state index in [4.69, 9.17) is 4.74 Å². The van der Waals surface area contributed by atoms with Gasteiger partial charge in [0.1, 0.15) is 17.6 Å². The first-order valence-corrected chi connectivity index (χ1v) is 11.7. The molecule has 0 aliphatic carbocycles. The van der Waals surface area contributed by atoms with Gasteiger partial charge in [0.15, 0.2) is 0 Å². The van der Waals surface area contributed by atoms with Crippen molar-refractivity contribution in [3.05, 3.63) is 95.3 Å². The first-order chi connectivity index (χ1) is 17.7. The number of hydrazine groups is 1. The molecule has 0 saturated carbocycles. The van der Waals surface area contributed by atoms with Crippen molar-refractivity contribution < 1.29 is 28.3 Å². The molecule has 9 heteroatoms. The number of benzene rings is 3. The Morgan fingerprint density at radius 2 is 1.68 bits per heavy atom. The first kappa shape index (κ1) is 25.6. The number of halogens is 1. The summed E-state index contributed by atoms with van der Waals surface area (Å²) in [6.45, 7) is 4.05. The molecule has 37 heavy (non-hydrogen) atoms. The quantitative estimate of drug-likeness (QED) is 0.404. The highest BCUT2D eigenvalue weighted by Gasteiger charge is 2.45. The third-order valence-corrected chi connectivity index (χ3v) is 6.12. The Bertz CT molecular complexity index is 1340. The van der Waals surface area contributed by atoms with Crippen molar-refractivity contribution in [2.45, 2.75) is 32.2 Å². The van der Waals surface area contributed by atoms with Crippen molar-refractivity contribution in [2.24, 2.45) is 0 Å². The van der Waals surface area contributed by atoms with E-state index in [9.17, 15) is 23.6 Å². The number of hydrogen-bond acceptors (Lipinski definition) is 5. The smallest absolute Gasteiger partial charge is 0.273 e. The van der Waals surface area contributed by atoms with Crippen LogP contribution in [0.15, 0.2) is 72.8 Å². The van der Waals surface area contributed by atoms with E-state index in [1.807, 2.05) is 26.0 Å². The average Bonchev–Trinajstić information content (AvgIpc) is 3.20. The minimum absolute atomic E-state index is 0.0879. The normalized spacial score (nSPS) is 15.2. The van der Waals surface area contributed by atoms with Crippen LogP contribution in [0.4, 0.5) is 10.1 Å².